The normalized spacial score (nSPS) is 18.0. The molecule has 2 aromatic carbocycles. The van der Waals surface area contributed by atoms with Gasteiger partial charge in [-0.25, -0.2) is 0 Å². The molecule has 2 saturated heterocycles. The second-order valence-electron chi connectivity index (χ2n) is 10.9. The summed E-state index contributed by atoms with van der Waals surface area (Å²) in [7, 11) is 0. The number of ether oxygens (including phenoxy) is 2. The second kappa shape index (κ2) is 15.1. The summed E-state index contributed by atoms with van der Waals surface area (Å²) < 4.78 is 11.8. The number of carbonyl (C=O) groups is 1. The van der Waals surface area contributed by atoms with Gasteiger partial charge in [-0.2, -0.15) is 5.26 Å². The highest BCUT2D eigenvalue weighted by Gasteiger charge is 2.29. The third kappa shape index (κ3) is 8.01. The summed E-state index contributed by atoms with van der Waals surface area (Å²) in [5, 5.41) is 20.3. The number of aliphatic carboxylic acids is 1. The fourth-order valence-electron chi connectivity index (χ4n) is 5.72. The predicted octanol–water partition coefficient (Wildman–Crippen LogP) is 5.98. The van der Waals surface area contributed by atoms with Gasteiger partial charge in [0.15, 0.2) is 0 Å². The predicted molar refractivity (Wildman–Crippen MR) is 168 cm³/mol. The Morgan fingerprint density at radius 1 is 1.14 bits per heavy atom. The van der Waals surface area contributed by atoms with Gasteiger partial charge in [0.25, 0.3) is 0 Å². The zero-order chi connectivity index (χ0) is 30.0. The third-order valence-electron chi connectivity index (χ3n) is 8.03. The van der Waals surface area contributed by atoms with Crippen molar-refractivity contribution < 1.29 is 19.4 Å². The number of nitrogens with zero attached hydrogens (tertiary/aromatic N) is 4. The largest absolute Gasteiger partial charge is 0.493 e. The molecule has 224 valence electrons. The maximum Gasteiger partial charge on any atom is 0.320 e. The van der Waals surface area contributed by atoms with E-state index in [2.05, 4.69) is 16.0 Å². The standard InChI is InChI=1S/C34H37ClN4O4/c35-30-21-27(24-39-15-5-4-9-32(39)34(40)41)33(43-18-6-14-38-16-19-42-20-17-38)22-26(30)10-11-31-29(23-36)28(12-13-37-31)25-7-2-1-3-8-25/h1-3,7-8,10-13,21-22,32H,4-6,9,14-20,24H2,(H,40,41)/b11-10+/t32-/m0/s1. The van der Waals surface area contributed by atoms with Crippen molar-refractivity contribution in [2.45, 2.75) is 38.3 Å². The van der Waals surface area contributed by atoms with E-state index in [1.165, 1.54) is 0 Å². The number of benzene rings is 2. The summed E-state index contributed by atoms with van der Waals surface area (Å²) in [4.78, 5) is 20.8. The maximum atomic E-state index is 12.0. The molecule has 0 amide bonds. The Morgan fingerprint density at radius 2 is 1.95 bits per heavy atom. The van der Waals surface area contributed by atoms with Crippen LogP contribution in [0.4, 0.5) is 0 Å². The van der Waals surface area contributed by atoms with E-state index in [1.807, 2.05) is 59.5 Å². The van der Waals surface area contributed by atoms with Crippen LogP contribution in [0.25, 0.3) is 23.3 Å². The monoisotopic (exact) mass is 600 g/mol. The lowest BCUT2D eigenvalue weighted by Crippen LogP contribution is -2.44. The van der Waals surface area contributed by atoms with Crippen molar-refractivity contribution in [1.82, 2.24) is 14.8 Å². The van der Waals surface area contributed by atoms with Crippen LogP contribution in [0.3, 0.4) is 0 Å². The van der Waals surface area contributed by atoms with E-state index < -0.39 is 12.0 Å². The van der Waals surface area contributed by atoms with Crippen molar-refractivity contribution >= 4 is 29.7 Å². The minimum Gasteiger partial charge on any atom is -0.493 e. The first-order valence-electron chi connectivity index (χ1n) is 14.9. The number of rotatable bonds is 11. The highest BCUT2D eigenvalue weighted by atomic mass is 35.5. The molecule has 3 heterocycles. The van der Waals surface area contributed by atoms with Crippen LogP contribution in [-0.2, 0) is 16.1 Å². The topological polar surface area (TPSA) is 98.9 Å². The van der Waals surface area contributed by atoms with Crippen LogP contribution in [0.5, 0.6) is 5.75 Å². The minimum atomic E-state index is -0.795. The lowest BCUT2D eigenvalue weighted by atomic mass is 9.99. The molecule has 1 atom stereocenters. The Hall–Kier alpha value is -3.74. The summed E-state index contributed by atoms with van der Waals surface area (Å²) in [5.74, 6) is -0.107. The average molecular weight is 601 g/mol. The minimum absolute atomic E-state index is 0.443. The van der Waals surface area contributed by atoms with Crippen molar-refractivity contribution in [1.29, 1.82) is 5.26 Å². The number of aromatic nitrogens is 1. The molecule has 1 N–H and O–H groups in total. The van der Waals surface area contributed by atoms with Gasteiger partial charge in [-0.05, 0) is 61.2 Å². The van der Waals surface area contributed by atoms with Crippen LogP contribution in [-0.4, -0.2) is 77.9 Å². The maximum absolute atomic E-state index is 12.0. The number of morpholine rings is 1. The van der Waals surface area contributed by atoms with Crippen molar-refractivity contribution in [2.75, 3.05) is 46.0 Å². The fourth-order valence-corrected chi connectivity index (χ4v) is 5.97. The molecule has 5 rings (SSSR count). The lowest BCUT2D eigenvalue weighted by molar-refractivity contribution is -0.144. The van der Waals surface area contributed by atoms with Crippen molar-refractivity contribution in [2.24, 2.45) is 0 Å². The van der Waals surface area contributed by atoms with E-state index in [4.69, 9.17) is 21.1 Å². The first-order chi connectivity index (χ1) is 21.0. The summed E-state index contributed by atoms with van der Waals surface area (Å²) >= 11 is 6.80. The molecular formula is C34H37ClN4O4. The van der Waals surface area contributed by atoms with Gasteiger partial charge in [-0.15, -0.1) is 0 Å². The number of hydrogen-bond donors (Lipinski definition) is 1. The molecule has 9 heteroatoms. The van der Waals surface area contributed by atoms with Crippen LogP contribution in [0.2, 0.25) is 5.02 Å². The first-order valence-corrected chi connectivity index (χ1v) is 15.3. The van der Waals surface area contributed by atoms with Crippen molar-refractivity contribution in [3.63, 3.8) is 0 Å². The van der Waals surface area contributed by atoms with Crippen molar-refractivity contribution in [3.8, 4) is 22.9 Å². The third-order valence-corrected chi connectivity index (χ3v) is 8.36. The Balaban J connectivity index is 1.40. The molecule has 1 aromatic heterocycles. The molecule has 0 unspecified atom stereocenters. The molecule has 0 aliphatic carbocycles. The summed E-state index contributed by atoms with van der Waals surface area (Å²) in [6.45, 7) is 5.98. The van der Waals surface area contributed by atoms with Gasteiger partial charge < -0.3 is 14.6 Å². The number of carboxylic acid groups (broad SMARTS) is 1. The molecule has 8 nitrogen and oxygen atoms in total. The van der Waals surface area contributed by atoms with Crippen LogP contribution >= 0.6 is 11.6 Å². The van der Waals surface area contributed by atoms with E-state index >= 15 is 0 Å². The quantitative estimate of drug-likeness (QED) is 0.268. The van der Waals surface area contributed by atoms with Gasteiger partial charge in [-0.1, -0.05) is 54.4 Å². The van der Waals surface area contributed by atoms with Crippen LogP contribution in [0, 0.1) is 11.3 Å². The number of piperidine rings is 1. The molecule has 0 spiro atoms. The first kappa shape index (κ1) is 30.7. The van der Waals surface area contributed by atoms with Gasteiger partial charge in [-0.3, -0.25) is 19.6 Å². The zero-order valence-electron chi connectivity index (χ0n) is 24.3. The van der Waals surface area contributed by atoms with E-state index in [9.17, 15) is 15.2 Å². The Bertz CT molecular complexity index is 1470. The second-order valence-corrected chi connectivity index (χ2v) is 11.3. The average Bonchev–Trinajstić information content (AvgIpc) is 3.04. The van der Waals surface area contributed by atoms with E-state index in [-0.39, 0.29) is 0 Å². The number of carboxylic acids is 1. The molecule has 0 saturated carbocycles. The fraction of sp³-hybridized carbons (Fsp3) is 0.382. The van der Waals surface area contributed by atoms with Gasteiger partial charge in [0.1, 0.15) is 17.9 Å². The van der Waals surface area contributed by atoms with Gasteiger partial charge in [0.05, 0.1) is 31.1 Å². The summed E-state index contributed by atoms with van der Waals surface area (Å²) in [6, 6.07) is 17.2. The zero-order valence-corrected chi connectivity index (χ0v) is 25.0. The summed E-state index contributed by atoms with van der Waals surface area (Å²) in [5.41, 5.74) is 4.40. The van der Waals surface area contributed by atoms with Crippen LogP contribution in [0.15, 0.2) is 54.7 Å². The smallest absolute Gasteiger partial charge is 0.320 e. The number of pyridine rings is 1. The Morgan fingerprint density at radius 3 is 2.72 bits per heavy atom. The van der Waals surface area contributed by atoms with Crippen LogP contribution in [0.1, 0.15) is 48.1 Å². The lowest BCUT2D eigenvalue weighted by Gasteiger charge is -2.33. The molecular weight excluding hydrogens is 564 g/mol. The number of nitriles is 1. The molecule has 3 aromatic rings. The van der Waals surface area contributed by atoms with Gasteiger partial charge in [0, 0.05) is 48.5 Å². The van der Waals surface area contributed by atoms with Gasteiger partial charge >= 0.3 is 5.97 Å². The summed E-state index contributed by atoms with van der Waals surface area (Å²) in [6.07, 6.45) is 8.72. The number of hydrogen-bond acceptors (Lipinski definition) is 7. The SMILES string of the molecule is N#Cc1c(-c2ccccc2)ccnc1/C=C/c1cc(OCCCN2CCOCC2)c(CN2CCCC[C@H]2C(=O)O)cc1Cl. The van der Waals surface area contributed by atoms with Crippen LogP contribution < -0.4 is 4.74 Å². The Kier molecular flexibility index (Phi) is 10.8. The van der Waals surface area contributed by atoms with E-state index in [0.29, 0.717) is 48.1 Å². The Labute approximate surface area is 258 Å². The molecule has 2 aliphatic heterocycles. The molecule has 0 bridgehead atoms. The molecule has 2 fully saturated rings. The number of likely N-dealkylation sites (tertiary alicyclic amines) is 1. The van der Waals surface area contributed by atoms with Gasteiger partial charge in [0.2, 0.25) is 0 Å². The van der Waals surface area contributed by atoms with E-state index in [1.54, 1.807) is 12.3 Å². The molecule has 0 radical (unpaired) electrons. The molecule has 43 heavy (non-hydrogen) atoms. The van der Waals surface area contributed by atoms with E-state index in [0.717, 1.165) is 74.4 Å². The highest BCUT2D eigenvalue weighted by molar-refractivity contribution is 6.32. The number of halogens is 1. The van der Waals surface area contributed by atoms with Crippen molar-refractivity contribution in [3.05, 3.63) is 82.1 Å². The molecule has 2 aliphatic rings. The highest BCUT2D eigenvalue weighted by Crippen LogP contribution is 2.32.